The van der Waals surface area contributed by atoms with Crippen LogP contribution in [-0.2, 0) is 33.3 Å². The van der Waals surface area contributed by atoms with E-state index in [1.54, 1.807) is 18.2 Å². The molecule has 13 heteroatoms. The molecular weight excluding hydrogens is 571 g/mol. The van der Waals surface area contributed by atoms with Gasteiger partial charge in [0.1, 0.15) is 0 Å². The highest BCUT2D eigenvalue weighted by atomic mass is 79.9. The summed E-state index contributed by atoms with van der Waals surface area (Å²) in [6, 6.07) is 16.3. The van der Waals surface area contributed by atoms with Crippen LogP contribution >= 0.6 is 23.5 Å². The Labute approximate surface area is 208 Å². The number of halogens is 3. The summed E-state index contributed by atoms with van der Waals surface area (Å²) >= 11 is 2.90. The molecule has 0 unspecified atom stereocenters. The van der Waals surface area contributed by atoms with Gasteiger partial charge in [0, 0.05) is 23.1 Å². The van der Waals surface area contributed by atoms with Crippen LogP contribution in [0.2, 0.25) is 0 Å². The summed E-state index contributed by atoms with van der Waals surface area (Å²) in [6.07, 6.45) is 0. The van der Waals surface area contributed by atoms with Crippen molar-refractivity contribution in [1.82, 2.24) is 4.31 Å². The number of sulfonamides is 1. The van der Waals surface area contributed by atoms with E-state index in [0.29, 0.717) is 5.56 Å². The molecule has 0 bridgehead atoms. The third-order valence-electron chi connectivity index (χ3n) is 5.02. The number of carbonyl (C=O) groups is 1. The van der Waals surface area contributed by atoms with Gasteiger partial charge in [-0.1, -0.05) is 58.4 Å². The molecule has 3 aromatic carbocycles. The zero-order chi connectivity index (χ0) is 26.0. The normalized spacial score (nSPS) is 12.6. The number of aromatic carboxylic acids is 1. The molecule has 0 radical (unpaired) electrons. The maximum Gasteiger partial charge on any atom is 0.399 e. The number of alkyl halides is 2. The Morgan fingerprint density at radius 1 is 0.943 bits per heavy atom. The van der Waals surface area contributed by atoms with Crippen LogP contribution in [0.4, 0.5) is 8.78 Å². The summed E-state index contributed by atoms with van der Waals surface area (Å²) < 4.78 is 67.0. The second kappa shape index (κ2) is 10.3. The molecule has 3 aromatic rings. The first-order valence-electron chi connectivity index (χ1n) is 9.83. The van der Waals surface area contributed by atoms with Crippen LogP contribution in [0.1, 0.15) is 27.0 Å². The molecule has 0 spiro atoms. The molecule has 186 valence electrons. The van der Waals surface area contributed by atoms with Crippen molar-refractivity contribution in [2.45, 2.75) is 23.6 Å². The minimum absolute atomic E-state index is 0.00845. The lowest BCUT2D eigenvalue weighted by Crippen LogP contribution is -2.30. The van der Waals surface area contributed by atoms with Gasteiger partial charge >= 0.3 is 19.2 Å². The van der Waals surface area contributed by atoms with Crippen LogP contribution in [0.5, 0.6) is 0 Å². The first kappa shape index (κ1) is 27.1. The molecule has 0 fully saturated rings. The number of hydrogen-bond acceptors (Lipinski definition) is 4. The lowest BCUT2D eigenvalue weighted by atomic mass is 10.1. The molecule has 3 N–H and O–H groups in total. The van der Waals surface area contributed by atoms with Gasteiger partial charge in [0.05, 0.1) is 10.5 Å². The number of carboxylic acids is 1. The molecule has 0 saturated heterocycles. The summed E-state index contributed by atoms with van der Waals surface area (Å²) in [5.74, 6) is -1.14. The van der Waals surface area contributed by atoms with Crippen LogP contribution in [0.3, 0.4) is 0 Å². The van der Waals surface area contributed by atoms with E-state index in [4.69, 9.17) is 14.9 Å². The summed E-state index contributed by atoms with van der Waals surface area (Å²) in [6.45, 7) is -0.423. The molecule has 0 heterocycles. The largest absolute Gasteiger partial charge is 0.478 e. The number of carboxylic acid groups (broad SMARTS) is 1. The molecule has 0 atom stereocenters. The number of rotatable bonds is 9. The van der Waals surface area contributed by atoms with Crippen molar-refractivity contribution in [1.29, 1.82) is 0 Å². The Balaban J connectivity index is 1.99. The van der Waals surface area contributed by atoms with Gasteiger partial charge in [0.25, 0.3) is 0 Å². The molecule has 0 amide bonds. The maximum atomic E-state index is 14.2. The fourth-order valence-corrected chi connectivity index (χ4v) is 5.96. The predicted molar refractivity (Wildman–Crippen MR) is 126 cm³/mol. The average molecular weight is 590 g/mol. The van der Waals surface area contributed by atoms with Crippen LogP contribution in [0.15, 0.2) is 82.2 Å². The molecular formula is C22H19BrF2NO7PS. The van der Waals surface area contributed by atoms with E-state index in [1.807, 2.05) is 0 Å². The SMILES string of the molecule is O=C(O)c1ccc(CN(Cc2ccc(C(F)(F)P(=O)(O)O)c(Br)c2)S(=O)(=O)c2ccccc2)cc1. The lowest BCUT2D eigenvalue weighted by molar-refractivity contribution is 0.0557. The molecule has 0 aliphatic rings. The van der Waals surface area contributed by atoms with Crippen molar-refractivity contribution >= 4 is 39.5 Å². The van der Waals surface area contributed by atoms with E-state index >= 15 is 0 Å². The molecule has 3 rings (SSSR count). The van der Waals surface area contributed by atoms with Gasteiger partial charge in [-0.2, -0.15) is 13.1 Å². The molecule has 0 aliphatic carbocycles. The topological polar surface area (TPSA) is 132 Å². The molecule has 0 aliphatic heterocycles. The summed E-state index contributed by atoms with van der Waals surface area (Å²) in [5.41, 5.74) is -4.60. The third-order valence-corrected chi connectivity index (χ3v) is 8.46. The van der Waals surface area contributed by atoms with E-state index in [9.17, 15) is 26.6 Å². The van der Waals surface area contributed by atoms with Crippen molar-refractivity contribution in [3.05, 3.63) is 99.5 Å². The van der Waals surface area contributed by atoms with E-state index in [2.05, 4.69) is 15.9 Å². The fourth-order valence-electron chi connectivity index (χ4n) is 3.19. The summed E-state index contributed by atoms with van der Waals surface area (Å²) in [4.78, 5) is 29.1. The van der Waals surface area contributed by atoms with E-state index in [1.165, 1.54) is 42.5 Å². The van der Waals surface area contributed by atoms with Gasteiger partial charge in [0.2, 0.25) is 10.0 Å². The van der Waals surface area contributed by atoms with Crippen LogP contribution in [0.25, 0.3) is 0 Å². The van der Waals surface area contributed by atoms with E-state index in [0.717, 1.165) is 16.4 Å². The second-order valence-electron chi connectivity index (χ2n) is 7.49. The zero-order valence-electron chi connectivity index (χ0n) is 17.8. The van der Waals surface area contributed by atoms with E-state index in [-0.39, 0.29) is 33.6 Å². The molecule has 0 saturated carbocycles. The minimum Gasteiger partial charge on any atom is -0.478 e. The van der Waals surface area contributed by atoms with Gasteiger partial charge < -0.3 is 14.9 Å². The highest BCUT2D eigenvalue weighted by Crippen LogP contribution is 2.60. The third kappa shape index (κ3) is 6.03. The highest BCUT2D eigenvalue weighted by molar-refractivity contribution is 9.10. The Morgan fingerprint density at radius 3 is 2.00 bits per heavy atom. The first-order chi connectivity index (χ1) is 16.2. The monoisotopic (exact) mass is 589 g/mol. The number of hydrogen-bond donors (Lipinski definition) is 3. The highest BCUT2D eigenvalue weighted by Gasteiger charge is 2.51. The second-order valence-corrected chi connectivity index (χ2v) is 11.9. The first-order valence-corrected chi connectivity index (χ1v) is 13.7. The van der Waals surface area contributed by atoms with Crippen molar-refractivity contribution in [2.24, 2.45) is 0 Å². The molecule has 35 heavy (non-hydrogen) atoms. The van der Waals surface area contributed by atoms with Crippen LogP contribution < -0.4 is 0 Å². The summed E-state index contributed by atoms with van der Waals surface area (Å²) in [7, 11) is -9.86. The van der Waals surface area contributed by atoms with Gasteiger partial charge in [-0.15, -0.1) is 0 Å². The maximum absolute atomic E-state index is 14.2. The van der Waals surface area contributed by atoms with E-state index < -0.39 is 34.8 Å². The van der Waals surface area contributed by atoms with Gasteiger partial charge in [-0.05, 0) is 41.5 Å². The number of nitrogens with zero attached hydrogens (tertiary/aromatic N) is 1. The van der Waals surface area contributed by atoms with Gasteiger partial charge in [-0.25, -0.2) is 13.2 Å². The molecule has 0 aromatic heterocycles. The Hall–Kier alpha value is -2.47. The smallest absolute Gasteiger partial charge is 0.399 e. The van der Waals surface area contributed by atoms with Crippen LogP contribution in [-0.4, -0.2) is 33.6 Å². The minimum atomic E-state index is -5.80. The molecule has 8 nitrogen and oxygen atoms in total. The predicted octanol–water partition coefficient (Wildman–Crippen LogP) is 4.77. The van der Waals surface area contributed by atoms with Crippen LogP contribution in [0, 0.1) is 0 Å². The lowest BCUT2D eigenvalue weighted by Gasteiger charge is -2.24. The zero-order valence-corrected chi connectivity index (χ0v) is 21.1. The quantitative estimate of drug-likeness (QED) is 0.306. The Morgan fingerprint density at radius 2 is 1.49 bits per heavy atom. The summed E-state index contributed by atoms with van der Waals surface area (Å²) in [5, 5.41) is 9.07. The van der Waals surface area contributed by atoms with Gasteiger partial charge in [0.15, 0.2) is 0 Å². The average Bonchev–Trinajstić information content (AvgIpc) is 2.78. The Kier molecular flexibility index (Phi) is 7.95. The van der Waals surface area contributed by atoms with Crippen molar-refractivity contribution < 1.29 is 41.5 Å². The Bertz CT molecular complexity index is 1380. The fraction of sp³-hybridized carbons (Fsp3) is 0.136. The van der Waals surface area contributed by atoms with Crippen molar-refractivity contribution in [3.63, 3.8) is 0 Å². The van der Waals surface area contributed by atoms with Gasteiger partial charge in [-0.3, -0.25) is 4.57 Å². The van der Waals surface area contributed by atoms with Crippen molar-refractivity contribution in [2.75, 3.05) is 0 Å². The standard InChI is InChI=1S/C22H19BrF2NO7PS/c23-20-12-16(8-11-19(20)22(24,25)34(29,30)31)14-26(35(32,33)18-4-2-1-3-5-18)13-15-6-9-17(10-7-15)21(27)28/h1-12H,13-14H2,(H,27,28)(H2,29,30,31). The number of benzene rings is 3. The van der Waals surface area contributed by atoms with Crippen molar-refractivity contribution in [3.8, 4) is 0 Å².